The van der Waals surface area contributed by atoms with Crippen molar-refractivity contribution in [3.05, 3.63) is 40.1 Å². The van der Waals surface area contributed by atoms with Gasteiger partial charge >= 0.3 is 5.69 Å². The third-order valence-corrected chi connectivity index (χ3v) is 3.99. The van der Waals surface area contributed by atoms with E-state index in [9.17, 15) is 23.3 Å². The number of amides is 1. The molecule has 2 aromatic rings. The number of nitro benzene ring substituents is 1. The van der Waals surface area contributed by atoms with Crippen LogP contribution in [0, 0.1) is 17.0 Å². The predicted molar refractivity (Wildman–Crippen MR) is 86.5 cm³/mol. The predicted octanol–water partition coefficient (Wildman–Crippen LogP) is 0.302. The van der Waals surface area contributed by atoms with E-state index in [0.29, 0.717) is 11.5 Å². The van der Waals surface area contributed by atoms with Crippen LogP contribution in [0.25, 0.3) is 0 Å². The second kappa shape index (κ2) is 6.86. The molecule has 3 N–H and O–H groups in total. The van der Waals surface area contributed by atoms with Gasteiger partial charge < -0.3 is 10.1 Å². The van der Waals surface area contributed by atoms with Crippen LogP contribution in [0.4, 0.5) is 11.5 Å². The van der Waals surface area contributed by atoms with Crippen LogP contribution in [-0.2, 0) is 21.9 Å². The number of anilines is 1. The van der Waals surface area contributed by atoms with E-state index in [2.05, 4.69) is 10.4 Å². The van der Waals surface area contributed by atoms with Crippen molar-refractivity contribution < 1.29 is 22.9 Å². The Morgan fingerprint density at radius 2 is 2.12 bits per heavy atom. The zero-order valence-corrected chi connectivity index (χ0v) is 14.1. The van der Waals surface area contributed by atoms with Crippen LogP contribution in [0.3, 0.4) is 0 Å². The maximum absolute atomic E-state index is 11.9. The molecule has 0 aliphatic heterocycles. The molecule has 0 saturated heterocycles. The summed E-state index contributed by atoms with van der Waals surface area (Å²) in [6.07, 6.45) is 0. The lowest BCUT2D eigenvalue weighted by Gasteiger charge is -2.08. The topological polar surface area (TPSA) is 159 Å². The van der Waals surface area contributed by atoms with Gasteiger partial charge in [-0.15, -0.1) is 0 Å². The van der Waals surface area contributed by atoms with Crippen LogP contribution in [0.15, 0.2) is 29.2 Å². The lowest BCUT2D eigenvalue weighted by atomic mass is 10.3. The molecule has 0 saturated carbocycles. The summed E-state index contributed by atoms with van der Waals surface area (Å²) in [7, 11) is -2.46. The fourth-order valence-corrected chi connectivity index (χ4v) is 2.52. The first kappa shape index (κ1) is 18.4. The van der Waals surface area contributed by atoms with Crippen molar-refractivity contribution in [3.63, 3.8) is 0 Å². The Morgan fingerprint density at radius 3 is 2.64 bits per heavy atom. The number of hydrogen-bond acceptors (Lipinski definition) is 7. The maximum atomic E-state index is 11.9. The lowest BCUT2D eigenvalue weighted by Crippen LogP contribution is -2.22. The van der Waals surface area contributed by atoms with Gasteiger partial charge in [-0.05, 0) is 19.1 Å². The first-order valence-electron chi connectivity index (χ1n) is 6.82. The van der Waals surface area contributed by atoms with Crippen molar-refractivity contribution in [2.75, 3.05) is 11.9 Å². The average molecular weight is 369 g/mol. The number of nitrogens with zero attached hydrogens (tertiary/aromatic N) is 3. The second-order valence-corrected chi connectivity index (χ2v) is 6.62. The van der Waals surface area contributed by atoms with Crippen LogP contribution in [0.2, 0.25) is 0 Å². The fraction of sp³-hybridized carbons (Fsp3) is 0.231. The van der Waals surface area contributed by atoms with E-state index in [1.807, 2.05) is 0 Å². The van der Waals surface area contributed by atoms with E-state index in [4.69, 9.17) is 9.88 Å². The summed E-state index contributed by atoms with van der Waals surface area (Å²) in [5.41, 5.74) is 0.0867. The lowest BCUT2D eigenvalue weighted by molar-refractivity contribution is -0.386. The molecular formula is C13H15N5O6S. The van der Waals surface area contributed by atoms with E-state index < -0.39 is 38.0 Å². The minimum atomic E-state index is -4.10. The highest BCUT2D eigenvalue weighted by Crippen LogP contribution is 2.29. The molecule has 1 aromatic carbocycles. The zero-order valence-electron chi connectivity index (χ0n) is 13.3. The van der Waals surface area contributed by atoms with Gasteiger partial charge in [0.1, 0.15) is 5.82 Å². The second-order valence-electron chi connectivity index (χ2n) is 5.06. The number of hydrogen-bond donors (Lipinski definition) is 2. The molecule has 1 heterocycles. The monoisotopic (exact) mass is 369 g/mol. The minimum Gasteiger partial charge on any atom is -0.477 e. The van der Waals surface area contributed by atoms with Gasteiger partial charge in [-0.2, -0.15) is 5.10 Å². The van der Waals surface area contributed by atoms with Crippen LogP contribution < -0.4 is 15.2 Å². The summed E-state index contributed by atoms with van der Waals surface area (Å²) < 4.78 is 29.1. The summed E-state index contributed by atoms with van der Waals surface area (Å²) in [6.45, 7) is 1.24. The Hall–Kier alpha value is -2.99. The Kier molecular flexibility index (Phi) is 5.04. The standard InChI is InChI=1S/C13H15N5O6S/c1-8-5-12(17(2)16-8)15-13(19)7-24-11-4-3-9(25(14,22)23)6-10(11)18(20)21/h3-6H,7H2,1-2H3,(H,15,19)(H2,14,22,23). The summed E-state index contributed by atoms with van der Waals surface area (Å²) in [5.74, 6) is -0.383. The van der Waals surface area contributed by atoms with Gasteiger partial charge in [0.05, 0.1) is 15.5 Å². The molecule has 0 aliphatic carbocycles. The summed E-state index contributed by atoms with van der Waals surface area (Å²) >= 11 is 0. The molecular weight excluding hydrogens is 354 g/mol. The number of aryl methyl sites for hydroxylation is 2. The largest absolute Gasteiger partial charge is 0.477 e. The van der Waals surface area contributed by atoms with E-state index in [1.54, 1.807) is 20.0 Å². The summed E-state index contributed by atoms with van der Waals surface area (Å²) in [5, 5.41) is 22.6. The molecule has 0 unspecified atom stereocenters. The normalized spacial score (nSPS) is 11.2. The molecule has 11 nitrogen and oxygen atoms in total. The highest BCUT2D eigenvalue weighted by Gasteiger charge is 2.21. The zero-order chi connectivity index (χ0) is 18.8. The Bertz CT molecular complexity index is 936. The number of primary sulfonamides is 1. The van der Waals surface area contributed by atoms with Crippen LogP contribution >= 0.6 is 0 Å². The first-order chi connectivity index (χ1) is 11.6. The van der Waals surface area contributed by atoms with Gasteiger partial charge in [0, 0.05) is 19.2 Å². The van der Waals surface area contributed by atoms with Gasteiger partial charge in [0.25, 0.3) is 5.91 Å². The Labute approximate surface area is 142 Å². The smallest absolute Gasteiger partial charge is 0.312 e. The molecule has 0 atom stereocenters. The molecule has 0 spiro atoms. The van der Waals surface area contributed by atoms with Crippen molar-refractivity contribution in [1.29, 1.82) is 0 Å². The number of sulfonamides is 1. The Morgan fingerprint density at radius 1 is 1.44 bits per heavy atom. The van der Waals surface area contributed by atoms with Crippen molar-refractivity contribution >= 4 is 27.4 Å². The number of carbonyl (C=O) groups excluding carboxylic acids is 1. The first-order valence-corrected chi connectivity index (χ1v) is 8.37. The molecule has 0 bridgehead atoms. The van der Waals surface area contributed by atoms with Gasteiger partial charge in [0.15, 0.2) is 12.4 Å². The number of nitrogens with one attached hydrogen (secondary N) is 1. The molecule has 1 amide bonds. The Balaban J connectivity index is 2.13. The van der Waals surface area contributed by atoms with Crippen molar-refractivity contribution in [3.8, 4) is 5.75 Å². The van der Waals surface area contributed by atoms with Gasteiger partial charge in [-0.3, -0.25) is 19.6 Å². The SMILES string of the molecule is Cc1cc(NC(=O)COc2ccc(S(N)(=O)=O)cc2[N+](=O)[O-])n(C)n1. The fourth-order valence-electron chi connectivity index (χ4n) is 1.99. The number of nitrogens with two attached hydrogens (primary N) is 1. The molecule has 12 heteroatoms. The number of rotatable bonds is 6. The van der Waals surface area contributed by atoms with Crippen LogP contribution in [0.5, 0.6) is 5.75 Å². The molecule has 134 valence electrons. The van der Waals surface area contributed by atoms with E-state index >= 15 is 0 Å². The maximum Gasteiger partial charge on any atom is 0.312 e. The molecule has 2 rings (SSSR count). The number of nitro groups is 1. The molecule has 1 aromatic heterocycles. The van der Waals surface area contributed by atoms with Crippen LogP contribution in [0.1, 0.15) is 5.69 Å². The minimum absolute atomic E-state index is 0.256. The van der Waals surface area contributed by atoms with Crippen molar-refractivity contribution in [1.82, 2.24) is 9.78 Å². The highest BCUT2D eigenvalue weighted by atomic mass is 32.2. The average Bonchev–Trinajstić information content (AvgIpc) is 2.81. The molecule has 0 fully saturated rings. The quantitative estimate of drug-likeness (QED) is 0.547. The summed E-state index contributed by atoms with van der Waals surface area (Å²) in [6, 6.07) is 4.54. The van der Waals surface area contributed by atoms with E-state index in [-0.39, 0.29) is 5.75 Å². The third-order valence-electron chi connectivity index (χ3n) is 3.08. The van der Waals surface area contributed by atoms with Gasteiger partial charge in [-0.1, -0.05) is 0 Å². The van der Waals surface area contributed by atoms with E-state index in [1.165, 1.54) is 4.68 Å². The van der Waals surface area contributed by atoms with Crippen molar-refractivity contribution in [2.45, 2.75) is 11.8 Å². The molecule has 25 heavy (non-hydrogen) atoms. The number of carbonyl (C=O) groups is 1. The molecule has 0 radical (unpaired) electrons. The number of aromatic nitrogens is 2. The summed E-state index contributed by atoms with van der Waals surface area (Å²) in [4.78, 5) is 21.7. The molecule has 0 aliphatic rings. The number of ether oxygens (including phenoxy) is 1. The number of benzene rings is 1. The third kappa shape index (κ3) is 4.51. The van der Waals surface area contributed by atoms with Gasteiger partial charge in [-0.25, -0.2) is 13.6 Å². The highest BCUT2D eigenvalue weighted by molar-refractivity contribution is 7.89. The van der Waals surface area contributed by atoms with Gasteiger partial charge in [0.2, 0.25) is 10.0 Å². The van der Waals surface area contributed by atoms with Crippen LogP contribution in [-0.4, -0.2) is 35.6 Å². The van der Waals surface area contributed by atoms with E-state index in [0.717, 1.165) is 18.2 Å². The van der Waals surface area contributed by atoms with Crippen molar-refractivity contribution in [2.24, 2.45) is 12.2 Å².